The molecule has 1 saturated heterocycles. The first kappa shape index (κ1) is 24.0. The van der Waals surface area contributed by atoms with Gasteiger partial charge in [-0.1, -0.05) is 13.8 Å². The third kappa shape index (κ3) is 5.23. The molecule has 0 spiro atoms. The predicted molar refractivity (Wildman–Crippen MR) is 111 cm³/mol. The Bertz CT molecular complexity index is 887. The van der Waals surface area contributed by atoms with Gasteiger partial charge in [-0.25, -0.2) is 8.42 Å². The Labute approximate surface area is 181 Å². The van der Waals surface area contributed by atoms with Crippen molar-refractivity contribution < 1.29 is 26.4 Å². The molecule has 2 N–H and O–H groups in total. The summed E-state index contributed by atoms with van der Waals surface area (Å²) in [4.78, 5) is 12.5. The average Bonchev–Trinajstić information content (AvgIpc) is 3.27. The van der Waals surface area contributed by atoms with E-state index in [4.69, 9.17) is 0 Å². The van der Waals surface area contributed by atoms with Gasteiger partial charge >= 0.3 is 6.18 Å². The lowest BCUT2D eigenvalue weighted by molar-refractivity contribution is -0.137. The number of nitrogens with one attached hydrogen (secondary N) is 2. The summed E-state index contributed by atoms with van der Waals surface area (Å²) in [6.45, 7) is 4.67. The Balaban J connectivity index is 1.68. The van der Waals surface area contributed by atoms with Crippen molar-refractivity contribution in [1.29, 1.82) is 0 Å². The first-order chi connectivity index (χ1) is 14.4. The van der Waals surface area contributed by atoms with E-state index in [0.717, 1.165) is 37.1 Å². The standard InChI is InChI=1S/C21H30F3N3O3S/c1-13(2)10-19(25-3)20(28)26-18-9-4-14-11-27(12-17(14)18)31(29,30)16-7-5-15(6-8-16)21(22,23)24/h5-8,13-14,17-19,25H,4,9-12H2,1-3H3,(H,26,28)/t14-,17+,18+,19-/m0/s1. The highest BCUT2D eigenvalue weighted by molar-refractivity contribution is 7.89. The molecule has 4 atom stereocenters. The van der Waals surface area contributed by atoms with Crippen LogP contribution in [0.25, 0.3) is 0 Å². The van der Waals surface area contributed by atoms with Crippen molar-refractivity contribution in [3.8, 4) is 0 Å². The number of carbonyl (C=O) groups is 1. The van der Waals surface area contributed by atoms with Gasteiger partial charge in [-0.3, -0.25) is 4.79 Å². The van der Waals surface area contributed by atoms with Gasteiger partial charge in [0, 0.05) is 19.1 Å². The first-order valence-electron chi connectivity index (χ1n) is 10.6. The number of likely N-dealkylation sites (N-methyl/N-ethyl adjacent to an activating group) is 1. The van der Waals surface area contributed by atoms with Gasteiger partial charge < -0.3 is 10.6 Å². The zero-order chi connectivity index (χ0) is 23.0. The van der Waals surface area contributed by atoms with Gasteiger partial charge in [0.2, 0.25) is 15.9 Å². The molecule has 0 bridgehead atoms. The molecule has 1 aromatic carbocycles. The number of hydrogen-bond donors (Lipinski definition) is 2. The zero-order valence-corrected chi connectivity index (χ0v) is 18.8. The maximum Gasteiger partial charge on any atom is 0.416 e. The van der Waals surface area contributed by atoms with Gasteiger partial charge in [0.25, 0.3) is 0 Å². The minimum Gasteiger partial charge on any atom is -0.352 e. The maximum absolute atomic E-state index is 13.0. The highest BCUT2D eigenvalue weighted by atomic mass is 32.2. The van der Waals surface area contributed by atoms with Crippen LogP contribution >= 0.6 is 0 Å². The third-order valence-electron chi connectivity index (χ3n) is 6.34. The fourth-order valence-corrected chi connectivity index (χ4v) is 6.21. The van der Waals surface area contributed by atoms with Crippen molar-refractivity contribution >= 4 is 15.9 Å². The minimum atomic E-state index is -4.51. The van der Waals surface area contributed by atoms with Crippen molar-refractivity contribution in [3.05, 3.63) is 29.8 Å². The van der Waals surface area contributed by atoms with Crippen LogP contribution in [0.4, 0.5) is 13.2 Å². The summed E-state index contributed by atoms with van der Waals surface area (Å²) in [5, 5.41) is 6.13. The summed E-state index contributed by atoms with van der Waals surface area (Å²) in [6, 6.07) is 3.20. The van der Waals surface area contributed by atoms with Crippen LogP contribution < -0.4 is 10.6 Å². The molecule has 174 valence electrons. The van der Waals surface area contributed by atoms with Crippen molar-refractivity contribution in [1.82, 2.24) is 14.9 Å². The number of halogens is 3. The summed E-state index contributed by atoms with van der Waals surface area (Å²) in [6.07, 6.45) is -2.20. The third-order valence-corrected chi connectivity index (χ3v) is 8.19. The van der Waals surface area contributed by atoms with Crippen LogP contribution in [-0.4, -0.2) is 50.9 Å². The highest BCUT2D eigenvalue weighted by Crippen LogP contribution is 2.40. The Morgan fingerprint density at radius 2 is 1.81 bits per heavy atom. The Hall–Kier alpha value is -1.65. The van der Waals surface area contributed by atoms with Crippen LogP contribution in [0.15, 0.2) is 29.2 Å². The highest BCUT2D eigenvalue weighted by Gasteiger charge is 2.47. The van der Waals surface area contributed by atoms with Gasteiger partial charge in [0.15, 0.2) is 0 Å². The molecule has 0 aromatic heterocycles. The molecular formula is C21H30F3N3O3S. The van der Waals surface area contributed by atoms with Gasteiger partial charge in [-0.2, -0.15) is 17.5 Å². The van der Waals surface area contributed by atoms with E-state index in [1.54, 1.807) is 7.05 Å². The molecule has 0 unspecified atom stereocenters. The Kier molecular flexibility index (Phi) is 7.02. The Morgan fingerprint density at radius 1 is 1.16 bits per heavy atom. The smallest absolute Gasteiger partial charge is 0.352 e. The van der Waals surface area contributed by atoms with Crippen molar-refractivity contribution in [2.24, 2.45) is 17.8 Å². The number of hydrogen-bond acceptors (Lipinski definition) is 4. The molecule has 2 fully saturated rings. The van der Waals surface area contributed by atoms with Crippen molar-refractivity contribution in [3.63, 3.8) is 0 Å². The molecule has 10 heteroatoms. The fourth-order valence-electron chi connectivity index (χ4n) is 4.68. The minimum absolute atomic E-state index is 0.00438. The molecular weight excluding hydrogens is 431 g/mol. The first-order valence-corrected chi connectivity index (χ1v) is 12.0. The van der Waals surface area contributed by atoms with E-state index in [1.165, 1.54) is 4.31 Å². The number of amides is 1. The molecule has 3 rings (SSSR count). The van der Waals surface area contributed by atoms with Crippen LogP contribution in [0.5, 0.6) is 0 Å². The second kappa shape index (κ2) is 9.07. The summed E-state index contributed by atoms with van der Waals surface area (Å²) in [5.41, 5.74) is -0.881. The molecule has 0 radical (unpaired) electrons. The van der Waals surface area contributed by atoms with E-state index in [1.807, 2.05) is 13.8 Å². The average molecular weight is 462 g/mol. The molecule has 1 heterocycles. The molecule has 1 aliphatic heterocycles. The van der Waals surface area contributed by atoms with Gasteiger partial charge in [0.1, 0.15) is 0 Å². The lowest BCUT2D eigenvalue weighted by Crippen LogP contribution is -2.49. The lowest BCUT2D eigenvalue weighted by Gasteiger charge is -2.25. The number of alkyl halides is 3. The van der Waals surface area contributed by atoms with Gasteiger partial charge in [0.05, 0.1) is 16.5 Å². The van der Waals surface area contributed by atoms with E-state index < -0.39 is 21.8 Å². The van der Waals surface area contributed by atoms with Crippen LogP contribution in [0, 0.1) is 17.8 Å². The molecule has 6 nitrogen and oxygen atoms in total. The molecule has 1 aliphatic carbocycles. The topological polar surface area (TPSA) is 78.5 Å². The predicted octanol–water partition coefficient (Wildman–Crippen LogP) is 2.85. The Morgan fingerprint density at radius 3 is 2.35 bits per heavy atom. The van der Waals surface area contributed by atoms with Crippen LogP contribution in [0.2, 0.25) is 0 Å². The number of carbonyl (C=O) groups excluding carboxylic acids is 1. The van der Waals surface area contributed by atoms with Crippen LogP contribution in [0.3, 0.4) is 0 Å². The van der Waals surface area contributed by atoms with Crippen molar-refractivity contribution in [2.45, 2.75) is 56.3 Å². The summed E-state index contributed by atoms with van der Waals surface area (Å²) in [5.74, 6) is 0.415. The SMILES string of the molecule is CN[C@@H](CC(C)C)C(=O)N[C@@H]1CC[C@H]2CN(S(=O)(=O)c3ccc(C(F)(F)F)cc3)C[C@H]21. The number of nitrogens with zero attached hydrogens (tertiary/aromatic N) is 1. The number of sulfonamides is 1. The summed E-state index contributed by atoms with van der Waals surface area (Å²) < 4.78 is 65.6. The number of fused-ring (bicyclic) bond motifs is 1. The lowest BCUT2D eigenvalue weighted by atomic mass is 9.97. The summed E-state index contributed by atoms with van der Waals surface area (Å²) >= 11 is 0. The summed E-state index contributed by atoms with van der Waals surface area (Å²) in [7, 11) is -2.14. The van der Waals surface area contributed by atoms with Gasteiger partial charge in [-0.15, -0.1) is 0 Å². The normalized spacial score (nSPS) is 25.6. The fraction of sp³-hybridized carbons (Fsp3) is 0.667. The maximum atomic E-state index is 13.0. The van der Waals surface area contributed by atoms with Gasteiger partial charge in [-0.05, 0) is 68.3 Å². The zero-order valence-electron chi connectivity index (χ0n) is 17.9. The molecule has 1 aromatic rings. The molecule has 1 amide bonds. The van der Waals surface area contributed by atoms with E-state index in [2.05, 4.69) is 10.6 Å². The quantitative estimate of drug-likeness (QED) is 0.655. The van der Waals surface area contributed by atoms with Crippen LogP contribution in [-0.2, 0) is 21.0 Å². The van der Waals surface area contributed by atoms with Crippen LogP contribution in [0.1, 0.15) is 38.7 Å². The van der Waals surface area contributed by atoms with Crippen molar-refractivity contribution in [2.75, 3.05) is 20.1 Å². The molecule has 31 heavy (non-hydrogen) atoms. The number of benzene rings is 1. The van der Waals surface area contributed by atoms with E-state index in [9.17, 15) is 26.4 Å². The number of rotatable bonds is 7. The second-order valence-corrected chi connectivity index (χ2v) is 10.9. The van der Waals surface area contributed by atoms with E-state index in [-0.39, 0.29) is 41.3 Å². The van der Waals surface area contributed by atoms with E-state index in [0.29, 0.717) is 18.9 Å². The monoisotopic (exact) mass is 461 g/mol. The largest absolute Gasteiger partial charge is 0.416 e. The molecule has 1 saturated carbocycles. The second-order valence-electron chi connectivity index (χ2n) is 8.93. The van der Waals surface area contributed by atoms with E-state index >= 15 is 0 Å². The molecule has 2 aliphatic rings.